The van der Waals surface area contributed by atoms with Gasteiger partial charge in [-0.15, -0.1) is 11.8 Å². The lowest BCUT2D eigenvalue weighted by Crippen LogP contribution is -2.31. The molecule has 114 valence electrons. The molecular formula is C15H14N2O3S2. The highest BCUT2D eigenvalue weighted by atomic mass is 32.2. The first-order chi connectivity index (χ1) is 10.5. The third-order valence-corrected chi connectivity index (χ3v) is 5.49. The molecule has 0 aliphatic carbocycles. The van der Waals surface area contributed by atoms with Crippen LogP contribution in [-0.2, 0) is 14.3 Å². The van der Waals surface area contributed by atoms with Crippen LogP contribution in [-0.4, -0.2) is 24.7 Å². The zero-order valence-corrected chi connectivity index (χ0v) is 13.7. The minimum Gasteiger partial charge on any atom is -0.468 e. The van der Waals surface area contributed by atoms with Crippen LogP contribution in [0.15, 0.2) is 34.1 Å². The number of amides is 1. The molecule has 1 heterocycles. The summed E-state index contributed by atoms with van der Waals surface area (Å²) < 4.78 is 5.13. The molecule has 2 rings (SSSR count). The number of methoxy groups -OCH3 is 1. The predicted molar refractivity (Wildman–Crippen MR) is 86.8 cm³/mol. The van der Waals surface area contributed by atoms with Crippen LogP contribution in [0.4, 0.5) is 0 Å². The number of esters is 1. The average molecular weight is 334 g/mol. The summed E-state index contributed by atoms with van der Waals surface area (Å²) in [5.74, 6) is -0.745. The molecule has 0 bridgehead atoms. The Hall–Kier alpha value is -1.91. The van der Waals surface area contributed by atoms with E-state index >= 15 is 0 Å². The van der Waals surface area contributed by atoms with Crippen LogP contribution in [0.5, 0.6) is 0 Å². The first-order valence-electron chi connectivity index (χ1n) is 6.43. The predicted octanol–water partition coefficient (Wildman–Crippen LogP) is 2.50. The van der Waals surface area contributed by atoms with Crippen molar-refractivity contribution in [2.24, 2.45) is 0 Å². The number of benzene rings is 1. The van der Waals surface area contributed by atoms with Gasteiger partial charge in [-0.2, -0.15) is 5.26 Å². The summed E-state index contributed by atoms with van der Waals surface area (Å²) in [5.41, 5.74) is 2.11. The van der Waals surface area contributed by atoms with E-state index in [4.69, 9.17) is 5.26 Å². The minimum absolute atomic E-state index is 0.0438. The summed E-state index contributed by atoms with van der Waals surface area (Å²) in [6, 6.07) is 9.71. The standard InChI is InChI=1S/C15H14N2O3S2/c1-9-3-5-10(6-4-9)14-17-13(19)11(7-16)15(22-14)21-8-12(18)20-2/h3-6,14H,8H2,1-2H3,(H,17,19). The second-order valence-corrected chi connectivity index (χ2v) is 6.88. The molecule has 1 aliphatic heterocycles. The number of nitriles is 1. The van der Waals surface area contributed by atoms with E-state index in [9.17, 15) is 9.59 Å². The van der Waals surface area contributed by atoms with Crippen molar-refractivity contribution < 1.29 is 14.3 Å². The molecule has 7 heteroatoms. The highest BCUT2D eigenvalue weighted by Gasteiger charge is 2.29. The lowest BCUT2D eigenvalue weighted by molar-refractivity contribution is -0.137. The fourth-order valence-corrected chi connectivity index (χ4v) is 4.07. The molecule has 1 amide bonds. The number of carbonyl (C=O) groups is 2. The molecule has 22 heavy (non-hydrogen) atoms. The zero-order chi connectivity index (χ0) is 16.1. The van der Waals surface area contributed by atoms with Crippen molar-refractivity contribution in [3.05, 3.63) is 45.2 Å². The van der Waals surface area contributed by atoms with E-state index < -0.39 is 11.9 Å². The number of aryl methyl sites for hydroxylation is 1. The van der Waals surface area contributed by atoms with Gasteiger partial charge in [0.1, 0.15) is 17.0 Å². The highest BCUT2D eigenvalue weighted by Crippen LogP contribution is 2.43. The van der Waals surface area contributed by atoms with E-state index in [0.29, 0.717) is 4.24 Å². The Morgan fingerprint density at radius 2 is 2.14 bits per heavy atom. The Kier molecular flexibility index (Phi) is 5.52. The van der Waals surface area contributed by atoms with Crippen LogP contribution in [0.2, 0.25) is 0 Å². The Morgan fingerprint density at radius 1 is 1.45 bits per heavy atom. The molecule has 0 radical (unpaired) electrons. The SMILES string of the molecule is COC(=O)CSC1=C(C#N)C(=O)NC(c2ccc(C)cc2)S1. The van der Waals surface area contributed by atoms with Gasteiger partial charge in [0.15, 0.2) is 0 Å². The van der Waals surface area contributed by atoms with Crippen molar-refractivity contribution in [3.63, 3.8) is 0 Å². The quantitative estimate of drug-likeness (QED) is 0.852. The second kappa shape index (κ2) is 7.38. The van der Waals surface area contributed by atoms with Crippen molar-refractivity contribution in [2.75, 3.05) is 12.9 Å². The monoisotopic (exact) mass is 334 g/mol. The largest absolute Gasteiger partial charge is 0.468 e. The maximum absolute atomic E-state index is 12.1. The number of carbonyl (C=O) groups excluding carboxylic acids is 2. The summed E-state index contributed by atoms with van der Waals surface area (Å²) >= 11 is 2.51. The molecule has 1 unspecified atom stereocenters. The summed E-state index contributed by atoms with van der Waals surface area (Å²) in [6.07, 6.45) is 0. The number of thioether (sulfide) groups is 2. The lowest BCUT2D eigenvalue weighted by atomic mass is 10.1. The summed E-state index contributed by atoms with van der Waals surface area (Å²) in [4.78, 5) is 23.3. The molecule has 1 N–H and O–H groups in total. The first-order valence-corrected chi connectivity index (χ1v) is 8.29. The molecule has 5 nitrogen and oxygen atoms in total. The van der Waals surface area contributed by atoms with Crippen molar-refractivity contribution in [1.29, 1.82) is 5.26 Å². The van der Waals surface area contributed by atoms with Gasteiger partial charge in [0, 0.05) is 0 Å². The molecule has 0 saturated heterocycles. The van der Waals surface area contributed by atoms with Gasteiger partial charge in [0.25, 0.3) is 5.91 Å². The van der Waals surface area contributed by atoms with Crippen LogP contribution in [0.1, 0.15) is 16.5 Å². The second-order valence-electron chi connectivity index (χ2n) is 4.52. The Labute approximate surface area is 137 Å². The molecular weight excluding hydrogens is 320 g/mol. The van der Waals surface area contributed by atoms with Gasteiger partial charge < -0.3 is 10.1 Å². The van der Waals surface area contributed by atoms with Crippen LogP contribution in [0.3, 0.4) is 0 Å². The van der Waals surface area contributed by atoms with E-state index in [1.54, 1.807) is 0 Å². The van der Waals surface area contributed by atoms with E-state index in [1.165, 1.54) is 18.9 Å². The van der Waals surface area contributed by atoms with Crippen molar-refractivity contribution in [1.82, 2.24) is 5.32 Å². The number of ether oxygens (including phenoxy) is 1. The number of hydrogen-bond donors (Lipinski definition) is 1. The number of rotatable bonds is 4. The number of nitrogens with zero attached hydrogens (tertiary/aromatic N) is 1. The van der Waals surface area contributed by atoms with Crippen LogP contribution >= 0.6 is 23.5 Å². The third kappa shape index (κ3) is 3.84. The topological polar surface area (TPSA) is 79.2 Å². The summed E-state index contributed by atoms with van der Waals surface area (Å²) in [7, 11) is 1.30. The smallest absolute Gasteiger partial charge is 0.316 e. The molecule has 1 aliphatic rings. The average Bonchev–Trinajstić information content (AvgIpc) is 2.52. The van der Waals surface area contributed by atoms with E-state index in [2.05, 4.69) is 10.1 Å². The van der Waals surface area contributed by atoms with Gasteiger partial charge in [-0.1, -0.05) is 41.6 Å². The molecule has 1 atom stereocenters. The van der Waals surface area contributed by atoms with Crippen LogP contribution in [0, 0.1) is 18.3 Å². The number of hydrogen-bond acceptors (Lipinski definition) is 6. The van der Waals surface area contributed by atoms with Gasteiger partial charge in [-0.3, -0.25) is 9.59 Å². The Bertz CT molecular complexity index is 662. The molecule has 0 spiro atoms. The van der Waals surface area contributed by atoms with Crippen LogP contribution < -0.4 is 5.32 Å². The lowest BCUT2D eigenvalue weighted by Gasteiger charge is -2.25. The summed E-state index contributed by atoms with van der Waals surface area (Å²) in [6.45, 7) is 1.99. The normalized spacial score (nSPS) is 17.7. The van der Waals surface area contributed by atoms with Crippen molar-refractivity contribution in [3.8, 4) is 6.07 Å². The Balaban J connectivity index is 2.21. The molecule has 1 aromatic carbocycles. The van der Waals surface area contributed by atoms with Gasteiger partial charge in [0.2, 0.25) is 0 Å². The first kappa shape index (κ1) is 16.5. The molecule has 0 fully saturated rings. The van der Waals surface area contributed by atoms with Crippen molar-refractivity contribution >= 4 is 35.4 Å². The van der Waals surface area contributed by atoms with Crippen molar-refractivity contribution in [2.45, 2.75) is 12.3 Å². The van der Waals surface area contributed by atoms with E-state index in [0.717, 1.165) is 22.9 Å². The highest BCUT2D eigenvalue weighted by molar-refractivity contribution is 8.22. The zero-order valence-electron chi connectivity index (χ0n) is 12.1. The van der Waals surface area contributed by atoms with Gasteiger partial charge >= 0.3 is 5.97 Å². The van der Waals surface area contributed by atoms with Crippen LogP contribution in [0.25, 0.3) is 0 Å². The number of nitrogens with one attached hydrogen (secondary N) is 1. The third-order valence-electron chi connectivity index (χ3n) is 2.96. The summed E-state index contributed by atoms with van der Waals surface area (Å²) in [5, 5.41) is 11.7. The van der Waals surface area contributed by atoms with E-state index in [1.807, 2.05) is 37.3 Å². The maximum Gasteiger partial charge on any atom is 0.316 e. The van der Waals surface area contributed by atoms with Gasteiger partial charge in [0.05, 0.1) is 17.1 Å². The fraction of sp³-hybridized carbons (Fsp3) is 0.267. The Morgan fingerprint density at radius 3 is 2.73 bits per heavy atom. The van der Waals surface area contributed by atoms with E-state index in [-0.39, 0.29) is 16.7 Å². The molecule has 0 aromatic heterocycles. The maximum atomic E-state index is 12.1. The van der Waals surface area contributed by atoms with Gasteiger partial charge in [-0.05, 0) is 12.5 Å². The fourth-order valence-electron chi connectivity index (χ4n) is 1.76. The van der Waals surface area contributed by atoms with Gasteiger partial charge in [-0.25, -0.2) is 0 Å². The molecule has 1 aromatic rings. The molecule has 0 saturated carbocycles. The minimum atomic E-state index is -0.417.